The minimum absolute atomic E-state index is 0.0428. The molecule has 7 heteroatoms. The quantitative estimate of drug-likeness (QED) is 0.482. The number of carbonyl (C=O) groups excluding carboxylic acids is 1. The Hall–Kier alpha value is -2.44. The molecule has 18 heavy (non-hydrogen) atoms. The first kappa shape index (κ1) is 13.6. The maximum absolute atomic E-state index is 13.4. The molecule has 6 nitrogen and oxygen atoms in total. The second-order valence-electron chi connectivity index (χ2n) is 3.53. The molecule has 0 aliphatic rings. The van der Waals surface area contributed by atoms with E-state index in [1.165, 1.54) is 19.1 Å². The second-order valence-corrected chi connectivity index (χ2v) is 3.53. The van der Waals surface area contributed by atoms with Gasteiger partial charge in [0.2, 0.25) is 5.91 Å². The molecule has 0 atom stereocenters. The monoisotopic (exact) mass is 253 g/mol. The average molecular weight is 253 g/mol. The van der Waals surface area contributed by atoms with E-state index in [-0.39, 0.29) is 29.4 Å². The Labute approximate surface area is 102 Å². The van der Waals surface area contributed by atoms with Gasteiger partial charge in [0.25, 0.3) is 5.69 Å². The van der Waals surface area contributed by atoms with Gasteiger partial charge in [-0.15, -0.1) is 0 Å². The van der Waals surface area contributed by atoms with Crippen molar-refractivity contribution in [3.05, 3.63) is 39.7 Å². The molecule has 1 aromatic rings. The summed E-state index contributed by atoms with van der Waals surface area (Å²) in [6.07, 6.45) is 2.83. The van der Waals surface area contributed by atoms with Crippen LogP contribution < -0.4 is 11.1 Å². The van der Waals surface area contributed by atoms with Gasteiger partial charge < -0.3 is 11.1 Å². The van der Waals surface area contributed by atoms with Crippen LogP contribution in [0, 0.1) is 15.9 Å². The fourth-order valence-electron chi connectivity index (χ4n) is 1.27. The maximum atomic E-state index is 13.4. The van der Waals surface area contributed by atoms with Gasteiger partial charge in [-0.1, -0.05) is 12.2 Å². The van der Waals surface area contributed by atoms with Crippen LogP contribution in [-0.4, -0.2) is 17.4 Å². The van der Waals surface area contributed by atoms with Crippen molar-refractivity contribution in [2.45, 2.75) is 6.92 Å². The molecule has 0 fully saturated rings. The highest BCUT2D eigenvalue weighted by molar-refractivity contribution is 5.73. The number of nitrogens with one attached hydrogen (secondary N) is 1. The number of amides is 1. The van der Waals surface area contributed by atoms with Gasteiger partial charge in [-0.3, -0.25) is 14.9 Å². The van der Waals surface area contributed by atoms with Gasteiger partial charge in [0, 0.05) is 31.2 Å². The Morgan fingerprint density at radius 1 is 1.61 bits per heavy atom. The SMILES string of the molecule is CC(=O)NCC=Cc1cc([N+](=O)[O-])c(N)cc1F. The van der Waals surface area contributed by atoms with E-state index in [0.717, 1.165) is 12.1 Å². The standard InChI is InChI=1S/C11H12FN3O3/c1-7(16)14-4-2-3-8-5-11(15(17)18)10(13)6-9(8)12/h2-3,5-6H,4,13H2,1H3,(H,14,16). The van der Waals surface area contributed by atoms with E-state index >= 15 is 0 Å². The lowest BCUT2D eigenvalue weighted by atomic mass is 10.1. The maximum Gasteiger partial charge on any atom is 0.292 e. The van der Waals surface area contributed by atoms with Crippen molar-refractivity contribution < 1.29 is 14.1 Å². The predicted molar refractivity (Wildman–Crippen MR) is 65.2 cm³/mol. The number of carbonyl (C=O) groups is 1. The molecular formula is C11H12FN3O3. The molecule has 1 rings (SSSR count). The number of nitrogens with two attached hydrogens (primary N) is 1. The van der Waals surface area contributed by atoms with Gasteiger partial charge in [0.05, 0.1) is 4.92 Å². The summed E-state index contributed by atoms with van der Waals surface area (Å²) < 4.78 is 13.4. The molecule has 0 heterocycles. The fourth-order valence-corrected chi connectivity index (χ4v) is 1.27. The van der Waals surface area contributed by atoms with Gasteiger partial charge in [0.1, 0.15) is 11.5 Å². The summed E-state index contributed by atoms with van der Waals surface area (Å²) in [7, 11) is 0. The van der Waals surface area contributed by atoms with E-state index < -0.39 is 10.7 Å². The summed E-state index contributed by atoms with van der Waals surface area (Å²) in [6.45, 7) is 1.56. The molecule has 0 aromatic heterocycles. The number of hydrogen-bond acceptors (Lipinski definition) is 4. The van der Waals surface area contributed by atoms with Crippen LogP contribution >= 0.6 is 0 Å². The zero-order chi connectivity index (χ0) is 13.7. The van der Waals surface area contributed by atoms with Gasteiger partial charge in [-0.2, -0.15) is 0 Å². The van der Waals surface area contributed by atoms with Crippen molar-refractivity contribution in [2.75, 3.05) is 12.3 Å². The molecule has 0 bridgehead atoms. The highest BCUT2D eigenvalue weighted by Gasteiger charge is 2.14. The molecule has 0 spiro atoms. The summed E-state index contributed by atoms with van der Waals surface area (Å²) in [4.78, 5) is 20.5. The van der Waals surface area contributed by atoms with Crippen LogP contribution in [0.3, 0.4) is 0 Å². The molecule has 1 amide bonds. The van der Waals surface area contributed by atoms with Crippen LogP contribution in [-0.2, 0) is 4.79 Å². The van der Waals surface area contributed by atoms with Crippen LogP contribution in [0.1, 0.15) is 12.5 Å². The first-order valence-electron chi connectivity index (χ1n) is 5.06. The van der Waals surface area contributed by atoms with Crippen molar-refractivity contribution in [1.29, 1.82) is 0 Å². The largest absolute Gasteiger partial charge is 0.393 e. The highest BCUT2D eigenvalue weighted by Crippen LogP contribution is 2.25. The number of hydrogen-bond donors (Lipinski definition) is 2. The Morgan fingerprint density at radius 2 is 2.28 bits per heavy atom. The highest BCUT2D eigenvalue weighted by atomic mass is 19.1. The molecule has 0 unspecified atom stereocenters. The number of nitro groups is 1. The molecule has 3 N–H and O–H groups in total. The first-order chi connectivity index (χ1) is 8.41. The van der Waals surface area contributed by atoms with Crippen LogP contribution in [0.5, 0.6) is 0 Å². The van der Waals surface area contributed by atoms with Crippen molar-refractivity contribution in [3.8, 4) is 0 Å². The van der Waals surface area contributed by atoms with E-state index in [2.05, 4.69) is 5.32 Å². The molecule has 1 aromatic carbocycles. The van der Waals surface area contributed by atoms with Crippen LogP contribution in [0.2, 0.25) is 0 Å². The third kappa shape index (κ3) is 3.55. The normalized spacial score (nSPS) is 10.6. The Kier molecular flexibility index (Phi) is 4.36. The summed E-state index contributed by atoms with van der Waals surface area (Å²) in [5, 5.41) is 13.1. The topological polar surface area (TPSA) is 98.3 Å². The lowest BCUT2D eigenvalue weighted by Crippen LogP contribution is -2.19. The van der Waals surface area contributed by atoms with Gasteiger partial charge in [-0.25, -0.2) is 4.39 Å². The average Bonchev–Trinajstić information content (AvgIpc) is 2.25. The molecule has 0 radical (unpaired) electrons. The lowest BCUT2D eigenvalue weighted by Gasteiger charge is -2.01. The van der Waals surface area contributed by atoms with Gasteiger partial charge in [0.15, 0.2) is 0 Å². The Bertz CT molecular complexity index is 515. The second kappa shape index (κ2) is 5.76. The summed E-state index contributed by atoms with van der Waals surface area (Å²) in [5.74, 6) is -0.874. The van der Waals surface area contributed by atoms with Crippen molar-refractivity contribution in [1.82, 2.24) is 5.32 Å². The fraction of sp³-hybridized carbons (Fsp3) is 0.182. The summed E-state index contributed by atoms with van der Waals surface area (Å²) in [5.41, 5.74) is 4.79. The van der Waals surface area contributed by atoms with Crippen molar-refractivity contribution >= 4 is 23.4 Å². The zero-order valence-corrected chi connectivity index (χ0v) is 9.64. The van der Waals surface area contributed by atoms with Crippen molar-refractivity contribution in [3.63, 3.8) is 0 Å². The van der Waals surface area contributed by atoms with E-state index in [1.807, 2.05) is 0 Å². The van der Waals surface area contributed by atoms with E-state index in [0.29, 0.717) is 0 Å². The smallest absolute Gasteiger partial charge is 0.292 e. The summed E-state index contributed by atoms with van der Waals surface area (Å²) >= 11 is 0. The van der Waals surface area contributed by atoms with E-state index in [1.54, 1.807) is 0 Å². The van der Waals surface area contributed by atoms with Gasteiger partial charge in [-0.05, 0) is 0 Å². The van der Waals surface area contributed by atoms with Crippen LogP contribution in [0.4, 0.5) is 15.8 Å². The third-order valence-electron chi connectivity index (χ3n) is 2.11. The van der Waals surface area contributed by atoms with E-state index in [9.17, 15) is 19.3 Å². The van der Waals surface area contributed by atoms with Gasteiger partial charge >= 0.3 is 0 Å². The lowest BCUT2D eigenvalue weighted by molar-refractivity contribution is -0.384. The molecular weight excluding hydrogens is 241 g/mol. The molecule has 96 valence electrons. The molecule has 0 saturated heterocycles. The minimum atomic E-state index is -0.681. The molecule has 0 aliphatic heterocycles. The minimum Gasteiger partial charge on any atom is -0.393 e. The Balaban J connectivity index is 2.92. The molecule has 0 aliphatic carbocycles. The number of nitrogen functional groups attached to an aromatic ring is 1. The van der Waals surface area contributed by atoms with Crippen LogP contribution in [0.15, 0.2) is 18.2 Å². The van der Waals surface area contributed by atoms with Crippen molar-refractivity contribution in [2.24, 2.45) is 0 Å². The number of rotatable bonds is 4. The number of nitrogens with zero attached hydrogens (tertiary/aromatic N) is 1. The molecule has 0 saturated carbocycles. The predicted octanol–water partition coefficient (Wildman–Crippen LogP) is 1.47. The number of anilines is 1. The first-order valence-corrected chi connectivity index (χ1v) is 5.06. The summed E-state index contributed by atoms with van der Waals surface area (Å²) in [6, 6.07) is 1.95. The third-order valence-corrected chi connectivity index (χ3v) is 2.11. The van der Waals surface area contributed by atoms with Crippen LogP contribution in [0.25, 0.3) is 6.08 Å². The zero-order valence-electron chi connectivity index (χ0n) is 9.64. The Morgan fingerprint density at radius 3 is 2.83 bits per heavy atom. The number of nitro benzene ring substituents is 1. The number of benzene rings is 1. The number of halogens is 1. The van der Waals surface area contributed by atoms with E-state index in [4.69, 9.17) is 5.73 Å².